The Morgan fingerprint density at radius 3 is 2.48 bits per heavy atom. The van der Waals surface area contributed by atoms with Crippen LogP contribution in [-0.2, 0) is 10.9 Å². The van der Waals surface area contributed by atoms with Crippen molar-refractivity contribution in [2.24, 2.45) is 0 Å². The molecule has 2 rings (SSSR count). The number of benzene rings is 1. The zero-order chi connectivity index (χ0) is 17.2. The molecule has 1 aromatic heterocycles. The molecule has 1 aromatic carbocycles. The van der Waals surface area contributed by atoms with Gasteiger partial charge in [-0.15, -0.1) is 10.2 Å². The van der Waals surface area contributed by atoms with Crippen LogP contribution in [0.15, 0.2) is 24.3 Å². The van der Waals surface area contributed by atoms with Gasteiger partial charge in [0.25, 0.3) is 5.88 Å². The van der Waals surface area contributed by atoms with E-state index in [1.54, 1.807) is 0 Å². The summed E-state index contributed by atoms with van der Waals surface area (Å²) in [5.41, 5.74) is -0.683. The van der Waals surface area contributed by atoms with E-state index < -0.39 is 17.7 Å². The minimum absolute atomic E-state index is 0.0538. The maximum atomic E-state index is 12.6. The van der Waals surface area contributed by atoms with Gasteiger partial charge >= 0.3 is 12.1 Å². The topological polar surface area (TPSA) is 61.3 Å². The van der Waals surface area contributed by atoms with Crippen LogP contribution >= 0.6 is 11.6 Å². The number of ether oxygens (including phenoxy) is 2. The molecule has 0 unspecified atom stereocenters. The van der Waals surface area contributed by atoms with Crippen molar-refractivity contribution in [2.75, 3.05) is 7.11 Å². The largest absolute Gasteiger partial charge is 0.465 e. The molecule has 0 saturated carbocycles. The highest BCUT2D eigenvalue weighted by Crippen LogP contribution is 2.34. The van der Waals surface area contributed by atoms with Crippen molar-refractivity contribution in [2.45, 2.75) is 13.1 Å². The number of aryl methyl sites for hydroxylation is 1. The van der Waals surface area contributed by atoms with Crippen LogP contribution in [0.1, 0.15) is 21.5 Å². The predicted molar refractivity (Wildman–Crippen MR) is 74.6 cm³/mol. The molecule has 1 heterocycles. The van der Waals surface area contributed by atoms with Crippen LogP contribution in [0.2, 0.25) is 5.15 Å². The molecule has 0 bridgehead atoms. The lowest BCUT2D eigenvalue weighted by Crippen LogP contribution is -2.08. The predicted octanol–water partition coefficient (Wildman–Crippen LogP) is 4.04. The molecule has 0 saturated heterocycles. The number of hydrogen-bond donors (Lipinski definition) is 0. The van der Waals surface area contributed by atoms with E-state index in [2.05, 4.69) is 14.9 Å². The standard InChI is InChI=1S/C14H10ClF3N2O3/c1-7-5-8(14(16,17)18)3-4-10(7)23-12-9(13(21)22-2)6-11(15)19-20-12/h3-6H,1-2H3. The van der Waals surface area contributed by atoms with Crippen molar-refractivity contribution in [1.82, 2.24) is 10.2 Å². The van der Waals surface area contributed by atoms with Crippen LogP contribution in [0.5, 0.6) is 11.6 Å². The fraction of sp³-hybridized carbons (Fsp3) is 0.214. The number of aromatic nitrogens is 2. The first-order valence-corrected chi connectivity index (χ1v) is 6.57. The average Bonchev–Trinajstić information content (AvgIpc) is 2.49. The highest BCUT2D eigenvalue weighted by molar-refractivity contribution is 6.29. The molecule has 5 nitrogen and oxygen atoms in total. The molecule has 9 heteroatoms. The summed E-state index contributed by atoms with van der Waals surface area (Å²) in [6, 6.07) is 4.12. The second-order valence-corrected chi connectivity index (χ2v) is 4.84. The highest BCUT2D eigenvalue weighted by Gasteiger charge is 2.31. The van der Waals surface area contributed by atoms with E-state index in [0.717, 1.165) is 25.3 Å². The summed E-state index contributed by atoms with van der Waals surface area (Å²) in [5.74, 6) is -0.884. The van der Waals surface area contributed by atoms with Gasteiger partial charge in [0.15, 0.2) is 5.15 Å². The Labute approximate surface area is 134 Å². The van der Waals surface area contributed by atoms with E-state index in [1.165, 1.54) is 13.0 Å². The van der Waals surface area contributed by atoms with Gasteiger partial charge in [-0.1, -0.05) is 11.6 Å². The van der Waals surface area contributed by atoms with Crippen molar-refractivity contribution in [1.29, 1.82) is 0 Å². The van der Waals surface area contributed by atoms with Gasteiger partial charge in [-0.2, -0.15) is 13.2 Å². The minimum Gasteiger partial charge on any atom is -0.465 e. The molecular formula is C14H10ClF3N2O3. The summed E-state index contributed by atoms with van der Waals surface area (Å²) in [7, 11) is 1.16. The number of carbonyl (C=O) groups excluding carboxylic acids is 1. The lowest BCUT2D eigenvalue weighted by Gasteiger charge is -2.12. The first-order chi connectivity index (χ1) is 10.7. The van der Waals surface area contributed by atoms with E-state index in [-0.39, 0.29) is 27.9 Å². The molecule has 0 atom stereocenters. The quantitative estimate of drug-likeness (QED) is 0.785. The summed E-state index contributed by atoms with van der Waals surface area (Å²) < 4.78 is 47.9. The summed E-state index contributed by atoms with van der Waals surface area (Å²) >= 11 is 5.66. The average molecular weight is 347 g/mol. The second kappa shape index (κ2) is 6.41. The van der Waals surface area contributed by atoms with Gasteiger partial charge in [-0.3, -0.25) is 0 Å². The van der Waals surface area contributed by atoms with Gasteiger partial charge in [0.1, 0.15) is 11.3 Å². The van der Waals surface area contributed by atoms with Crippen LogP contribution in [-0.4, -0.2) is 23.3 Å². The number of nitrogens with zero attached hydrogens (tertiary/aromatic N) is 2. The number of methoxy groups -OCH3 is 1. The Morgan fingerprint density at radius 1 is 1.22 bits per heavy atom. The van der Waals surface area contributed by atoms with E-state index in [9.17, 15) is 18.0 Å². The normalized spacial score (nSPS) is 11.2. The van der Waals surface area contributed by atoms with Crippen LogP contribution in [0.25, 0.3) is 0 Å². The number of hydrogen-bond acceptors (Lipinski definition) is 5. The Hall–Kier alpha value is -2.35. The lowest BCUT2D eigenvalue weighted by atomic mass is 10.1. The van der Waals surface area contributed by atoms with Crippen LogP contribution in [0.4, 0.5) is 13.2 Å². The van der Waals surface area contributed by atoms with Crippen molar-refractivity contribution in [3.63, 3.8) is 0 Å². The summed E-state index contributed by atoms with van der Waals surface area (Å²) in [6.07, 6.45) is -4.46. The third kappa shape index (κ3) is 3.89. The van der Waals surface area contributed by atoms with Gasteiger partial charge in [0, 0.05) is 0 Å². The molecule has 2 aromatic rings. The molecular weight excluding hydrogens is 337 g/mol. The summed E-state index contributed by atoms with van der Waals surface area (Å²) in [6.45, 7) is 1.44. The first-order valence-electron chi connectivity index (χ1n) is 6.19. The van der Waals surface area contributed by atoms with E-state index in [1.807, 2.05) is 0 Å². The Balaban J connectivity index is 2.38. The van der Waals surface area contributed by atoms with Gasteiger partial charge < -0.3 is 9.47 Å². The van der Waals surface area contributed by atoms with Crippen LogP contribution < -0.4 is 4.74 Å². The maximum Gasteiger partial charge on any atom is 0.416 e. The van der Waals surface area contributed by atoms with Crippen molar-refractivity contribution < 1.29 is 27.4 Å². The van der Waals surface area contributed by atoms with Gasteiger partial charge in [0.2, 0.25) is 0 Å². The van der Waals surface area contributed by atoms with Gasteiger partial charge in [-0.25, -0.2) is 4.79 Å². The smallest absolute Gasteiger partial charge is 0.416 e. The molecule has 23 heavy (non-hydrogen) atoms. The Kier molecular flexibility index (Phi) is 4.74. The zero-order valence-corrected chi connectivity index (χ0v) is 12.7. The molecule has 0 radical (unpaired) electrons. The van der Waals surface area contributed by atoms with Crippen molar-refractivity contribution in [3.05, 3.63) is 46.1 Å². The Morgan fingerprint density at radius 2 is 1.91 bits per heavy atom. The second-order valence-electron chi connectivity index (χ2n) is 4.46. The number of halogens is 4. The third-order valence-electron chi connectivity index (χ3n) is 2.84. The number of alkyl halides is 3. The van der Waals surface area contributed by atoms with E-state index in [4.69, 9.17) is 16.3 Å². The third-order valence-corrected chi connectivity index (χ3v) is 3.03. The minimum atomic E-state index is -4.46. The summed E-state index contributed by atoms with van der Waals surface area (Å²) in [5, 5.41) is 7.12. The number of esters is 1. The van der Waals surface area contributed by atoms with Crippen molar-refractivity contribution in [3.8, 4) is 11.6 Å². The van der Waals surface area contributed by atoms with E-state index in [0.29, 0.717) is 0 Å². The highest BCUT2D eigenvalue weighted by atomic mass is 35.5. The molecule has 0 N–H and O–H groups in total. The maximum absolute atomic E-state index is 12.6. The molecule has 0 aliphatic heterocycles. The van der Waals surface area contributed by atoms with Crippen molar-refractivity contribution >= 4 is 17.6 Å². The molecule has 0 fully saturated rings. The lowest BCUT2D eigenvalue weighted by molar-refractivity contribution is -0.137. The first kappa shape index (κ1) is 17.0. The molecule has 0 spiro atoms. The van der Waals surface area contributed by atoms with Crippen LogP contribution in [0.3, 0.4) is 0 Å². The molecule has 122 valence electrons. The number of rotatable bonds is 3. The molecule has 0 amide bonds. The van der Waals surface area contributed by atoms with Crippen LogP contribution in [0, 0.1) is 6.92 Å². The monoisotopic (exact) mass is 346 g/mol. The Bertz CT molecular complexity index is 751. The molecule has 0 aliphatic rings. The van der Waals surface area contributed by atoms with E-state index >= 15 is 0 Å². The SMILES string of the molecule is COC(=O)c1cc(Cl)nnc1Oc1ccc(C(F)(F)F)cc1C. The zero-order valence-electron chi connectivity index (χ0n) is 11.9. The van der Waals surface area contributed by atoms with Gasteiger partial charge in [-0.05, 0) is 36.8 Å². The summed E-state index contributed by atoms with van der Waals surface area (Å²) in [4.78, 5) is 11.7. The molecule has 0 aliphatic carbocycles. The number of carbonyl (C=O) groups is 1. The van der Waals surface area contributed by atoms with Gasteiger partial charge in [0.05, 0.1) is 12.7 Å². The fourth-order valence-electron chi connectivity index (χ4n) is 1.73. The fourth-order valence-corrected chi connectivity index (χ4v) is 1.88.